The average Bonchev–Trinajstić information content (AvgIpc) is 3.17. The van der Waals surface area contributed by atoms with Gasteiger partial charge >= 0.3 is 0 Å². The summed E-state index contributed by atoms with van der Waals surface area (Å²) in [5.41, 5.74) is 0. The van der Waals surface area contributed by atoms with Crippen LogP contribution in [-0.4, -0.2) is 46.8 Å². The Kier molecular flexibility index (Phi) is 4.29. The van der Waals surface area contributed by atoms with Crippen molar-refractivity contribution in [3.8, 4) is 0 Å². The number of likely N-dealkylation sites (tertiary alicyclic amines) is 2. The van der Waals surface area contributed by atoms with Crippen molar-refractivity contribution in [3.63, 3.8) is 0 Å². The summed E-state index contributed by atoms with van der Waals surface area (Å²) in [6.45, 7) is 3.67. The van der Waals surface area contributed by atoms with Crippen molar-refractivity contribution in [1.29, 1.82) is 0 Å². The molecule has 0 bridgehead atoms. The summed E-state index contributed by atoms with van der Waals surface area (Å²) < 4.78 is 0. The fraction of sp³-hybridized carbons (Fsp3) is 0.625. The average molecular weight is 306 g/mol. The van der Waals surface area contributed by atoms with Gasteiger partial charge in [0, 0.05) is 19.1 Å². The van der Waals surface area contributed by atoms with Gasteiger partial charge in [0.2, 0.25) is 5.91 Å². The molecule has 0 aliphatic carbocycles. The summed E-state index contributed by atoms with van der Waals surface area (Å²) in [6, 6.07) is 3.79. The highest BCUT2D eigenvalue weighted by Gasteiger charge is 2.38. The third-order valence-corrected chi connectivity index (χ3v) is 5.47. The third-order valence-electron chi connectivity index (χ3n) is 4.62. The number of hydrogen-bond donors (Lipinski definition) is 0. The Morgan fingerprint density at radius 2 is 1.95 bits per heavy atom. The van der Waals surface area contributed by atoms with Crippen LogP contribution in [0.2, 0.25) is 0 Å². The van der Waals surface area contributed by atoms with Gasteiger partial charge in [-0.25, -0.2) is 0 Å². The summed E-state index contributed by atoms with van der Waals surface area (Å²) in [4.78, 5) is 29.9. The van der Waals surface area contributed by atoms with E-state index in [0.29, 0.717) is 12.6 Å². The third kappa shape index (κ3) is 2.84. The molecular weight excluding hydrogens is 284 g/mol. The number of rotatable bonds is 2. The molecule has 2 fully saturated rings. The van der Waals surface area contributed by atoms with Crippen LogP contribution < -0.4 is 0 Å². The minimum absolute atomic E-state index is 0.0190. The molecule has 5 heteroatoms. The first-order chi connectivity index (χ1) is 10.2. The number of hydrogen-bond acceptors (Lipinski definition) is 3. The first-order valence-corrected chi connectivity index (χ1v) is 8.71. The van der Waals surface area contributed by atoms with Gasteiger partial charge in [0.05, 0.1) is 4.88 Å². The van der Waals surface area contributed by atoms with Crippen molar-refractivity contribution in [3.05, 3.63) is 22.4 Å². The maximum atomic E-state index is 12.8. The highest BCUT2D eigenvalue weighted by Crippen LogP contribution is 2.26. The van der Waals surface area contributed by atoms with E-state index < -0.39 is 0 Å². The number of nitrogens with zero attached hydrogens (tertiary/aromatic N) is 2. The smallest absolute Gasteiger partial charge is 0.264 e. The SMILES string of the molecule is CC1CCCCN1C(=O)C1CCCN1C(=O)c1cccs1. The number of thiophene rings is 1. The molecule has 0 radical (unpaired) electrons. The Hall–Kier alpha value is -1.36. The maximum absolute atomic E-state index is 12.8. The zero-order chi connectivity index (χ0) is 14.8. The highest BCUT2D eigenvalue weighted by atomic mass is 32.1. The van der Waals surface area contributed by atoms with Crippen molar-refractivity contribution in [2.24, 2.45) is 0 Å². The zero-order valence-electron chi connectivity index (χ0n) is 12.5. The molecule has 21 heavy (non-hydrogen) atoms. The molecule has 2 atom stereocenters. The Morgan fingerprint density at radius 1 is 1.14 bits per heavy atom. The van der Waals surface area contributed by atoms with Crippen molar-refractivity contribution < 1.29 is 9.59 Å². The van der Waals surface area contributed by atoms with Crippen molar-refractivity contribution in [1.82, 2.24) is 9.80 Å². The van der Waals surface area contributed by atoms with Crippen molar-refractivity contribution >= 4 is 23.2 Å². The lowest BCUT2D eigenvalue weighted by Crippen LogP contribution is -2.51. The molecule has 0 saturated carbocycles. The van der Waals surface area contributed by atoms with E-state index in [4.69, 9.17) is 0 Å². The van der Waals surface area contributed by atoms with E-state index in [9.17, 15) is 9.59 Å². The molecule has 2 amide bonds. The van der Waals surface area contributed by atoms with Crippen LogP contribution in [-0.2, 0) is 4.79 Å². The topological polar surface area (TPSA) is 40.6 Å². The van der Waals surface area contributed by atoms with Crippen LogP contribution in [0.15, 0.2) is 17.5 Å². The number of piperidine rings is 1. The molecular formula is C16H22N2O2S. The molecule has 3 rings (SSSR count). The number of carbonyl (C=O) groups is 2. The summed E-state index contributed by atoms with van der Waals surface area (Å²) in [7, 11) is 0. The summed E-state index contributed by atoms with van der Waals surface area (Å²) >= 11 is 1.45. The Balaban J connectivity index is 1.74. The largest absolute Gasteiger partial charge is 0.338 e. The Morgan fingerprint density at radius 3 is 2.67 bits per heavy atom. The fourth-order valence-corrected chi connectivity index (χ4v) is 4.10. The van der Waals surface area contributed by atoms with Crippen LogP contribution >= 0.6 is 11.3 Å². The van der Waals surface area contributed by atoms with Crippen LogP contribution in [0.3, 0.4) is 0 Å². The van der Waals surface area contributed by atoms with Crippen LogP contribution in [0.1, 0.15) is 48.7 Å². The van der Waals surface area contributed by atoms with Gasteiger partial charge in [-0.3, -0.25) is 9.59 Å². The second-order valence-corrected chi connectivity index (χ2v) is 6.96. The summed E-state index contributed by atoms with van der Waals surface area (Å²) in [5, 5.41) is 1.91. The van der Waals surface area contributed by atoms with E-state index in [0.717, 1.165) is 37.1 Å². The fourth-order valence-electron chi connectivity index (χ4n) is 3.43. The van der Waals surface area contributed by atoms with Gasteiger partial charge < -0.3 is 9.80 Å². The normalized spacial score (nSPS) is 26.1. The van der Waals surface area contributed by atoms with Gasteiger partial charge in [0.1, 0.15) is 6.04 Å². The predicted octanol–water partition coefficient (Wildman–Crippen LogP) is 2.75. The molecule has 2 saturated heterocycles. The van der Waals surface area contributed by atoms with Crippen molar-refractivity contribution in [2.75, 3.05) is 13.1 Å². The minimum atomic E-state index is -0.250. The monoisotopic (exact) mass is 306 g/mol. The summed E-state index contributed by atoms with van der Waals surface area (Å²) in [6.07, 6.45) is 5.10. The molecule has 0 spiro atoms. The maximum Gasteiger partial charge on any atom is 0.264 e. The van der Waals surface area contributed by atoms with Gasteiger partial charge in [0.15, 0.2) is 0 Å². The van der Waals surface area contributed by atoms with E-state index in [1.54, 1.807) is 4.90 Å². The first kappa shape index (κ1) is 14.6. The molecule has 3 heterocycles. The first-order valence-electron chi connectivity index (χ1n) is 7.83. The standard InChI is InChI=1S/C16H22N2O2S/c1-12-6-2-3-9-17(12)15(19)13-7-4-10-18(13)16(20)14-8-5-11-21-14/h5,8,11-13H,2-4,6-7,9-10H2,1H3. The van der Waals surface area contributed by atoms with Gasteiger partial charge in [0.25, 0.3) is 5.91 Å². The molecule has 2 aliphatic heterocycles. The Labute approximate surface area is 129 Å². The van der Waals surface area contributed by atoms with E-state index in [1.807, 2.05) is 22.4 Å². The van der Waals surface area contributed by atoms with Crippen LogP contribution in [0.5, 0.6) is 0 Å². The van der Waals surface area contributed by atoms with Crippen molar-refractivity contribution in [2.45, 2.75) is 51.1 Å². The second-order valence-electron chi connectivity index (χ2n) is 6.01. The second kappa shape index (κ2) is 6.18. The molecule has 1 aromatic heterocycles. The number of carbonyl (C=O) groups excluding carboxylic acids is 2. The lowest BCUT2D eigenvalue weighted by Gasteiger charge is -2.37. The van der Waals surface area contributed by atoms with Crippen LogP contribution in [0, 0.1) is 0 Å². The van der Waals surface area contributed by atoms with Gasteiger partial charge in [-0.1, -0.05) is 6.07 Å². The number of amides is 2. The molecule has 0 aromatic carbocycles. The quantitative estimate of drug-likeness (QED) is 0.843. The Bertz CT molecular complexity index is 514. The lowest BCUT2D eigenvalue weighted by atomic mass is 10.0. The highest BCUT2D eigenvalue weighted by molar-refractivity contribution is 7.12. The lowest BCUT2D eigenvalue weighted by molar-refractivity contribution is -0.138. The van der Waals surface area contributed by atoms with Gasteiger partial charge in [-0.15, -0.1) is 11.3 Å². The molecule has 0 N–H and O–H groups in total. The minimum Gasteiger partial charge on any atom is -0.338 e. The molecule has 114 valence electrons. The van der Waals surface area contributed by atoms with E-state index in [1.165, 1.54) is 17.8 Å². The van der Waals surface area contributed by atoms with Gasteiger partial charge in [-0.05, 0) is 50.5 Å². The molecule has 2 unspecified atom stereocenters. The predicted molar refractivity (Wildman–Crippen MR) is 83.4 cm³/mol. The zero-order valence-corrected chi connectivity index (χ0v) is 13.3. The van der Waals surface area contributed by atoms with E-state index >= 15 is 0 Å². The molecule has 2 aliphatic rings. The molecule has 1 aromatic rings. The van der Waals surface area contributed by atoms with E-state index in [-0.39, 0.29) is 17.9 Å². The van der Waals surface area contributed by atoms with E-state index in [2.05, 4.69) is 6.92 Å². The molecule has 4 nitrogen and oxygen atoms in total. The summed E-state index contributed by atoms with van der Waals surface area (Å²) in [5.74, 6) is 0.176. The van der Waals surface area contributed by atoms with Gasteiger partial charge in [-0.2, -0.15) is 0 Å². The van der Waals surface area contributed by atoms with Crippen LogP contribution in [0.4, 0.5) is 0 Å². The van der Waals surface area contributed by atoms with Crippen LogP contribution in [0.25, 0.3) is 0 Å².